The van der Waals surface area contributed by atoms with E-state index in [1.54, 1.807) is 15.9 Å². The summed E-state index contributed by atoms with van der Waals surface area (Å²) in [7, 11) is 0. The lowest BCUT2D eigenvalue weighted by Crippen LogP contribution is -2.47. The summed E-state index contributed by atoms with van der Waals surface area (Å²) in [4.78, 5) is 10.1. The minimum Gasteiger partial charge on any atom is -0.352 e. The fourth-order valence-corrected chi connectivity index (χ4v) is 4.49. The molecule has 0 amide bonds. The number of anilines is 2. The van der Waals surface area contributed by atoms with Crippen molar-refractivity contribution >= 4 is 28.6 Å². The molecule has 1 saturated heterocycles. The van der Waals surface area contributed by atoms with Crippen LogP contribution in [0.5, 0.6) is 0 Å². The lowest BCUT2D eigenvalue weighted by Gasteiger charge is -2.35. The molecule has 1 aliphatic heterocycles. The predicted molar refractivity (Wildman–Crippen MR) is 113 cm³/mol. The molecule has 4 aromatic heterocycles. The van der Waals surface area contributed by atoms with E-state index in [0.29, 0.717) is 0 Å². The first-order valence-electron chi connectivity index (χ1n) is 9.55. The zero-order valence-corrected chi connectivity index (χ0v) is 17.4. The first-order valence-corrected chi connectivity index (χ1v) is 10.4. The largest absolute Gasteiger partial charge is 0.352 e. The Balaban J connectivity index is 1.28. The van der Waals surface area contributed by atoms with Crippen molar-refractivity contribution in [1.29, 1.82) is 0 Å². The highest BCUT2D eigenvalue weighted by atomic mass is 32.1. The average Bonchev–Trinajstić information content (AvgIpc) is 3.29. The smallest absolute Gasteiger partial charge is 0.178 e. The summed E-state index contributed by atoms with van der Waals surface area (Å²) in [6.45, 7) is 9.42. The highest BCUT2D eigenvalue weighted by Crippen LogP contribution is 2.28. The van der Waals surface area contributed by atoms with Crippen LogP contribution in [-0.2, 0) is 0 Å². The molecule has 0 unspecified atom stereocenters. The minimum absolute atomic E-state index is 0.770. The zero-order valence-electron chi connectivity index (χ0n) is 16.6. The van der Waals surface area contributed by atoms with Crippen molar-refractivity contribution in [3.63, 3.8) is 0 Å². The van der Waals surface area contributed by atoms with Gasteiger partial charge in [0.05, 0.1) is 15.6 Å². The van der Waals surface area contributed by atoms with Crippen LogP contribution in [-0.4, -0.2) is 61.2 Å². The standard InChI is InChI=1S/C19H21N9S/c1-12-19(29-14(3)20-12)15-4-5-16(23-22-15)26-8-10-27(11-9-26)18-7-6-17-24-21-13(2)28(17)25-18/h4-7H,8-11H2,1-3H3. The highest BCUT2D eigenvalue weighted by molar-refractivity contribution is 7.15. The number of fused-ring (bicyclic) bond motifs is 1. The van der Waals surface area contributed by atoms with Crippen molar-refractivity contribution in [2.45, 2.75) is 20.8 Å². The summed E-state index contributed by atoms with van der Waals surface area (Å²) >= 11 is 1.66. The summed E-state index contributed by atoms with van der Waals surface area (Å²) in [5.74, 6) is 2.64. The second kappa shape index (κ2) is 7.03. The fraction of sp³-hybridized carbons (Fsp3) is 0.368. The summed E-state index contributed by atoms with van der Waals surface area (Å²) in [6.07, 6.45) is 0. The third kappa shape index (κ3) is 3.29. The molecular weight excluding hydrogens is 386 g/mol. The molecule has 5 heterocycles. The van der Waals surface area contributed by atoms with Gasteiger partial charge in [0.25, 0.3) is 0 Å². The molecule has 0 aromatic carbocycles. The SMILES string of the molecule is Cc1nc(C)c(-c2ccc(N3CCN(c4ccc5nnc(C)n5n4)CC3)nn2)s1. The highest BCUT2D eigenvalue weighted by Gasteiger charge is 2.20. The van der Waals surface area contributed by atoms with Crippen LogP contribution in [0.1, 0.15) is 16.5 Å². The van der Waals surface area contributed by atoms with Crippen LogP contribution >= 0.6 is 11.3 Å². The number of piperazine rings is 1. The number of nitrogens with zero attached hydrogens (tertiary/aromatic N) is 9. The molecule has 9 nitrogen and oxygen atoms in total. The van der Waals surface area contributed by atoms with E-state index in [9.17, 15) is 0 Å². The molecule has 10 heteroatoms. The van der Waals surface area contributed by atoms with Crippen molar-refractivity contribution in [3.05, 3.63) is 40.8 Å². The van der Waals surface area contributed by atoms with Gasteiger partial charge in [-0.2, -0.15) is 4.52 Å². The first kappa shape index (κ1) is 17.9. The van der Waals surface area contributed by atoms with Gasteiger partial charge >= 0.3 is 0 Å². The number of aryl methyl sites for hydroxylation is 3. The van der Waals surface area contributed by atoms with Crippen molar-refractivity contribution in [3.8, 4) is 10.6 Å². The van der Waals surface area contributed by atoms with Crippen LogP contribution in [0.25, 0.3) is 16.2 Å². The van der Waals surface area contributed by atoms with E-state index >= 15 is 0 Å². The summed E-state index contributed by atoms with van der Waals surface area (Å²) < 4.78 is 1.79. The molecule has 0 bridgehead atoms. The van der Waals surface area contributed by atoms with E-state index in [-0.39, 0.29) is 0 Å². The van der Waals surface area contributed by atoms with Gasteiger partial charge in [0, 0.05) is 26.2 Å². The zero-order chi connectivity index (χ0) is 20.0. The van der Waals surface area contributed by atoms with Gasteiger partial charge in [-0.1, -0.05) is 0 Å². The molecule has 148 valence electrons. The van der Waals surface area contributed by atoms with Crippen molar-refractivity contribution in [2.75, 3.05) is 36.0 Å². The van der Waals surface area contributed by atoms with Gasteiger partial charge in [0.2, 0.25) is 0 Å². The van der Waals surface area contributed by atoms with Crippen LogP contribution in [0.3, 0.4) is 0 Å². The average molecular weight is 408 g/mol. The Hall–Kier alpha value is -3.14. The lowest BCUT2D eigenvalue weighted by atomic mass is 10.2. The Morgan fingerprint density at radius 2 is 1.52 bits per heavy atom. The van der Waals surface area contributed by atoms with E-state index in [4.69, 9.17) is 0 Å². The summed E-state index contributed by atoms with van der Waals surface area (Å²) in [6, 6.07) is 8.06. The van der Waals surface area contributed by atoms with Gasteiger partial charge in [0.15, 0.2) is 17.3 Å². The van der Waals surface area contributed by atoms with Crippen molar-refractivity contribution in [1.82, 2.24) is 35.0 Å². The number of hydrogen-bond acceptors (Lipinski definition) is 9. The van der Waals surface area contributed by atoms with E-state index < -0.39 is 0 Å². The van der Waals surface area contributed by atoms with E-state index in [0.717, 1.165) is 70.6 Å². The normalized spacial score (nSPS) is 14.7. The second-order valence-electron chi connectivity index (χ2n) is 7.11. The van der Waals surface area contributed by atoms with Crippen molar-refractivity contribution in [2.24, 2.45) is 0 Å². The van der Waals surface area contributed by atoms with Crippen molar-refractivity contribution < 1.29 is 0 Å². The molecule has 5 rings (SSSR count). The second-order valence-corrected chi connectivity index (χ2v) is 8.31. The molecule has 0 radical (unpaired) electrons. The Morgan fingerprint density at radius 3 is 2.17 bits per heavy atom. The predicted octanol–water partition coefficient (Wildman–Crippen LogP) is 2.29. The number of thiazole rings is 1. The Morgan fingerprint density at radius 1 is 0.793 bits per heavy atom. The van der Waals surface area contributed by atoms with Gasteiger partial charge in [-0.3, -0.25) is 0 Å². The quantitative estimate of drug-likeness (QED) is 0.511. The lowest BCUT2D eigenvalue weighted by molar-refractivity contribution is 0.632. The number of hydrogen-bond donors (Lipinski definition) is 0. The third-order valence-corrected chi connectivity index (χ3v) is 6.21. The number of rotatable bonds is 3. The topological polar surface area (TPSA) is 88.2 Å². The van der Waals surface area contributed by atoms with Gasteiger partial charge in [0.1, 0.15) is 11.5 Å². The molecule has 0 atom stereocenters. The Bertz CT molecular complexity index is 1160. The van der Waals surface area contributed by atoms with E-state index in [2.05, 4.69) is 46.3 Å². The molecular formula is C19H21N9S. The van der Waals surface area contributed by atoms with Gasteiger partial charge in [-0.25, -0.2) is 4.98 Å². The molecule has 0 aliphatic carbocycles. The van der Waals surface area contributed by atoms with Gasteiger partial charge in [-0.15, -0.1) is 36.8 Å². The Labute approximate surface area is 172 Å². The van der Waals surface area contributed by atoms with E-state index in [1.807, 2.05) is 39.0 Å². The molecule has 1 fully saturated rings. The molecule has 4 aromatic rings. The molecule has 1 aliphatic rings. The molecule has 0 saturated carbocycles. The van der Waals surface area contributed by atoms with Crippen LogP contribution in [0, 0.1) is 20.8 Å². The van der Waals surface area contributed by atoms with Gasteiger partial charge in [-0.05, 0) is 45.0 Å². The monoisotopic (exact) mass is 407 g/mol. The van der Waals surface area contributed by atoms with Gasteiger partial charge < -0.3 is 9.80 Å². The fourth-order valence-electron chi connectivity index (χ4n) is 3.60. The minimum atomic E-state index is 0.770. The summed E-state index contributed by atoms with van der Waals surface area (Å²) in [5, 5.41) is 22.8. The summed E-state index contributed by atoms with van der Waals surface area (Å²) in [5.41, 5.74) is 2.67. The maximum absolute atomic E-state index is 4.68. The molecule has 0 N–H and O–H groups in total. The van der Waals surface area contributed by atoms with Crippen LogP contribution in [0.15, 0.2) is 24.3 Å². The van der Waals surface area contributed by atoms with Crippen LogP contribution < -0.4 is 9.80 Å². The molecule has 0 spiro atoms. The third-order valence-electron chi connectivity index (χ3n) is 5.12. The van der Waals surface area contributed by atoms with Crippen LogP contribution in [0.4, 0.5) is 11.6 Å². The Kier molecular flexibility index (Phi) is 4.35. The van der Waals surface area contributed by atoms with E-state index in [1.165, 1.54) is 0 Å². The first-order chi connectivity index (χ1) is 14.1. The number of aromatic nitrogens is 7. The van der Waals surface area contributed by atoms with Crippen LogP contribution in [0.2, 0.25) is 0 Å². The molecule has 29 heavy (non-hydrogen) atoms. The maximum atomic E-state index is 4.68. The maximum Gasteiger partial charge on any atom is 0.178 e.